The summed E-state index contributed by atoms with van der Waals surface area (Å²) in [5.41, 5.74) is 1.72. The van der Waals surface area contributed by atoms with Crippen LogP contribution in [0, 0.1) is 0 Å². The number of benzene rings is 1. The van der Waals surface area contributed by atoms with Gasteiger partial charge in [0.15, 0.2) is 20.5 Å². The molecule has 1 aromatic carbocycles. The third-order valence-electron chi connectivity index (χ3n) is 4.12. The normalized spacial score (nSPS) is 14.1. The molecule has 0 bridgehead atoms. The van der Waals surface area contributed by atoms with E-state index < -0.39 is 9.84 Å². The standard InChI is InChI=1S/C17H19N7O3S/c1-9(25)18-10-3-7-12(8-4-10)20-17-21-14(19-11-5-6-11)13-15(22-17)23-24-16(13)28(2,26)27/h3-4,7-8,11H,5-6H2,1-2H3,(H,18,25)(H3,19,20,21,22,23,24). The lowest BCUT2D eigenvalue weighted by molar-refractivity contribution is -0.114. The minimum Gasteiger partial charge on any atom is -0.367 e. The van der Waals surface area contributed by atoms with Crippen LogP contribution in [0.4, 0.5) is 23.1 Å². The van der Waals surface area contributed by atoms with Crippen molar-refractivity contribution in [3.8, 4) is 0 Å². The highest BCUT2D eigenvalue weighted by Gasteiger charge is 2.27. The van der Waals surface area contributed by atoms with Crippen molar-refractivity contribution in [3.63, 3.8) is 0 Å². The maximum Gasteiger partial charge on any atom is 0.231 e. The number of rotatable bonds is 6. The zero-order chi connectivity index (χ0) is 19.9. The predicted octanol–water partition coefficient (Wildman–Crippen LogP) is 2.03. The Hall–Kier alpha value is -3.21. The van der Waals surface area contributed by atoms with Crippen LogP contribution in [0.5, 0.6) is 0 Å². The summed E-state index contributed by atoms with van der Waals surface area (Å²) in [7, 11) is -3.53. The number of nitrogens with one attached hydrogen (secondary N) is 4. The molecule has 0 atom stereocenters. The van der Waals surface area contributed by atoms with Crippen LogP contribution in [-0.2, 0) is 14.6 Å². The smallest absolute Gasteiger partial charge is 0.231 e. The highest BCUT2D eigenvalue weighted by Crippen LogP contribution is 2.32. The monoisotopic (exact) mass is 401 g/mol. The lowest BCUT2D eigenvalue weighted by Crippen LogP contribution is -2.08. The zero-order valence-corrected chi connectivity index (χ0v) is 16.1. The average Bonchev–Trinajstić information content (AvgIpc) is 3.30. The van der Waals surface area contributed by atoms with Crippen molar-refractivity contribution in [2.24, 2.45) is 0 Å². The number of nitrogens with zero attached hydrogens (tertiary/aromatic N) is 3. The minimum atomic E-state index is -3.53. The molecule has 1 saturated carbocycles. The summed E-state index contributed by atoms with van der Waals surface area (Å²) >= 11 is 0. The third kappa shape index (κ3) is 3.88. The van der Waals surface area contributed by atoms with Crippen molar-refractivity contribution in [1.29, 1.82) is 0 Å². The summed E-state index contributed by atoms with van der Waals surface area (Å²) < 4.78 is 24.1. The Morgan fingerprint density at radius 2 is 1.82 bits per heavy atom. The molecular formula is C17H19N7O3S. The molecule has 4 N–H and O–H groups in total. The summed E-state index contributed by atoms with van der Waals surface area (Å²) in [5, 5.41) is 15.9. The number of sulfone groups is 1. The maximum absolute atomic E-state index is 12.0. The van der Waals surface area contributed by atoms with E-state index in [1.165, 1.54) is 6.92 Å². The molecule has 2 aromatic heterocycles. The van der Waals surface area contributed by atoms with E-state index in [2.05, 4.69) is 36.1 Å². The van der Waals surface area contributed by atoms with Gasteiger partial charge in [0.1, 0.15) is 11.2 Å². The summed E-state index contributed by atoms with van der Waals surface area (Å²) in [6, 6.07) is 7.33. The molecule has 2 heterocycles. The SMILES string of the molecule is CC(=O)Nc1ccc(Nc2nc(NC3CC3)c3c(S(C)(=O)=O)n[nH]c3n2)cc1. The van der Waals surface area contributed by atoms with Crippen LogP contribution in [0.1, 0.15) is 19.8 Å². The van der Waals surface area contributed by atoms with Gasteiger partial charge in [0.25, 0.3) is 0 Å². The first-order valence-electron chi connectivity index (χ1n) is 8.67. The molecule has 0 aliphatic heterocycles. The highest BCUT2D eigenvalue weighted by atomic mass is 32.2. The van der Waals surface area contributed by atoms with Crippen molar-refractivity contribution >= 4 is 49.9 Å². The number of H-pyrrole nitrogens is 1. The zero-order valence-electron chi connectivity index (χ0n) is 15.3. The molecule has 146 valence electrons. The number of hydrogen-bond donors (Lipinski definition) is 4. The second-order valence-electron chi connectivity index (χ2n) is 6.72. The van der Waals surface area contributed by atoms with Gasteiger partial charge in [0.2, 0.25) is 11.9 Å². The largest absolute Gasteiger partial charge is 0.367 e. The summed E-state index contributed by atoms with van der Waals surface area (Å²) in [6.45, 7) is 1.44. The lowest BCUT2D eigenvalue weighted by Gasteiger charge is -2.10. The first kappa shape index (κ1) is 18.2. The van der Waals surface area contributed by atoms with Crippen molar-refractivity contribution in [1.82, 2.24) is 20.2 Å². The van der Waals surface area contributed by atoms with Gasteiger partial charge >= 0.3 is 0 Å². The Bertz CT molecular complexity index is 1150. The van der Waals surface area contributed by atoms with E-state index in [9.17, 15) is 13.2 Å². The maximum atomic E-state index is 12.0. The van der Waals surface area contributed by atoms with Gasteiger partial charge in [-0.25, -0.2) is 8.42 Å². The van der Waals surface area contributed by atoms with Crippen molar-refractivity contribution in [2.75, 3.05) is 22.2 Å². The number of amides is 1. The van der Waals surface area contributed by atoms with Crippen molar-refractivity contribution < 1.29 is 13.2 Å². The Morgan fingerprint density at radius 3 is 2.43 bits per heavy atom. The molecule has 28 heavy (non-hydrogen) atoms. The molecule has 1 fully saturated rings. The second kappa shape index (κ2) is 6.75. The van der Waals surface area contributed by atoms with E-state index in [0.29, 0.717) is 34.2 Å². The average molecular weight is 401 g/mol. The second-order valence-corrected chi connectivity index (χ2v) is 8.65. The van der Waals surface area contributed by atoms with Gasteiger partial charge in [-0.1, -0.05) is 0 Å². The molecule has 0 unspecified atom stereocenters. The topological polar surface area (TPSA) is 142 Å². The molecular weight excluding hydrogens is 382 g/mol. The first-order valence-corrected chi connectivity index (χ1v) is 10.6. The molecule has 1 aliphatic rings. The van der Waals surface area contributed by atoms with Gasteiger partial charge < -0.3 is 16.0 Å². The summed E-state index contributed by atoms with van der Waals surface area (Å²) in [4.78, 5) is 19.9. The van der Waals surface area contributed by atoms with E-state index in [-0.39, 0.29) is 17.0 Å². The van der Waals surface area contributed by atoms with Gasteiger partial charge in [-0.05, 0) is 37.1 Å². The fraction of sp³-hybridized carbons (Fsp3) is 0.294. The lowest BCUT2D eigenvalue weighted by atomic mass is 10.3. The Morgan fingerprint density at radius 1 is 1.14 bits per heavy atom. The van der Waals surface area contributed by atoms with Crippen LogP contribution in [0.3, 0.4) is 0 Å². The van der Waals surface area contributed by atoms with Crippen LogP contribution >= 0.6 is 0 Å². The minimum absolute atomic E-state index is 0.0724. The van der Waals surface area contributed by atoms with Gasteiger partial charge in [-0.2, -0.15) is 15.1 Å². The number of hydrogen-bond acceptors (Lipinski definition) is 8. The summed E-state index contributed by atoms with van der Waals surface area (Å²) in [5.74, 6) is 0.580. The van der Waals surface area contributed by atoms with Gasteiger partial charge in [-0.3, -0.25) is 9.89 Å². The number of carbonyl (C=O) groups excluding carboxylic acids is 1. The van der Waals surface area contributed by atoms with E-state index >= 15 is 0 Å². The molecule has 1 amide bonds. The fourth-order valence-electron chi connectivity index (χ4n) is 2.72. The molecule has 0 radical (unpaired) electrons. The fourth-order valence-corrected chi connectivity index (χ4v) is 3.50. The van der Waals surface area contributed by atoms with Gasteiger partial charge in [0, 0.05) is 30.6 Å². The molecule has 0 saturated heterocycles. The summed E-state index contributed by atoms with van der Waals surface area (Å²) in [6.07, 6.45) is 3.11. The molecule has 4 rings (SSSR count). The van der Waals surface area contributed by atoms with E-state index in [1.54, 1.807) is 24.3 Å². The van der Waals surface area contributed by atoms with Crippen LogP contribution in [0.2, 0.25) is 0 Å². The van der Waals surface area contributed by atoms with Crippen LogP contribution < -0.4 is 16.0 Å². The Kier molecular flexibility index (Phi) is 4.38. The van der Waals surface area contributed by atoms with E-state index in [4.69, 9.17) is 0 Å². The van der Waals surface area contributed by atoms with E-state index in [0.717, 1.165) is 19.1 Å². The van der Waals surface area contributed by atoms with Crippen molar-refractivity contribution in [2.45, 2.75) is 30.8 Å². The number of anilines is 4. The Balaban J connectivity index is 1.68. The molecule has 1 aliphatic carbocycles. The number of carbonyl (C=O) groups is 1. The number of aromatic nitrogens is 4. The molecule has 10 nitrogen and oxygen atoms in total. The highest BCUT2D eigenvalue weighted by molar-refractivity contribution is 7.90. The Labute approximate surface area is 161 Å². The van der Waals surface area contributed by atoms with Gasteiger partial charge in [-0.15, -0.1) is 0 Å². The van der Waals surface area contributed by atoms with Crippen LogP contribution in [0.25, 0.3) is 11.0 Å². The third-order valence-corrected chi connectivity index (χ3v) is 5.11. The molecule has 3 aromatic rings. The molecule has 11 heteroatoms. The quantitative estimate of drug-likeness (QED) is 0.491. The number of fused-ring (bicyclic) bond motifs is 1. The van der Waals surface area contributed by atoms with Crippen molar-refractivity contribution in [3.05, 3.63) is 24.3 Å². The van der Waals surface area contributed by atoms with Crippen LogP contribution in [-0.4, -0.2) is 46.8 Å². The predicted molar refractivity (Wildman–Crippen MR) is 105 cm³/mol. The van der Waals surface area contributed by atoms with E-state index in [1.807, 2.05) is 0 Å². The van der Waals surface area contributed by atoms with Crippen LogP contribution in [0.15, 0.2) is 29.3 Å². The van der Waals surface area contributed by atoms with Gasteiger partial charge in [0.05, 0.1) is 0 Å². The first-order chi connectivity index (χ1) is 13.3. The number of aromatic amines is 1. The molecule has 0 spiro atoms.